The molecule has 2 aromatic rings. The van der Waals surface area contributed by atoms with E-state index in [4.69, 9.17) is 9.15 Å². The Morgan fingerprint density at radius 1 is 1.24 bits per heavy atom. The van der Waals surface area contributed by atoms with E-state index in [2.05, 4.69) is 5.32 Å². The highest BCUT2D eigenvalue weighted by molar-refractivity contribution is 5.91. The zero-order valence-corrected chi connectivity index (χ0v) is 12.7. The van der Waals surface area contributed by atoms with E-state index in [0.717, 1.165) is 16.9 Å². The minimum Gasteiger partial charge on any atom is -0.456 e. The maximum absolute atomic E-state index is 11.9. The summed E-state index contributed by atoms with van der Waals surface area (Å²) in [6.45, 7) is 6.88. The maximum Gasteiger partial charge on any atom is 0.287 e. The van der Waals surface area contributed by atoms with Crippen LogP contribution in [0.2, 0.25) is 0 Å². The molecule has 2 rings (SSSR count). The van der Waals surface area contributed by atoms with Crippen molar-refractivity contribution in [2.45, 2.75) is 40.0 Å². The number of carbonyl (C=O) groups is 1. The van der Waals surface area contributed by atoms with Crippen LogP contribution in [0.15, 0.2) is 40.8 Å². The van der Waals surface area contributed by atoms with E-state index in [1.807, 2.05) is 45.0 Å². The highest BCUT2D eigenvalue weighted by Gasteiger charge is 2.09. The van der Waals surface area contributed by atoms with Gasteiger partial charge in [-0.25, -0.2) is 0 Å². The number of ether oxygens (including phenoxy) is 1. The molecule has 112 valence electrons. The smallest absolute Gasteiger partial charge is 0.287 e. The zero-order chi connectivity index (χ0) is 15.2. The topological polar surface area (TPSA) is 51.5 Å². The monoisotopic (exact) mass is 287 g/mol. The van der Waals surface area contributed by atoms with E-state index in [-0.39, 0.29) is 12.0 Å². The normalized spacial score (nSPS) is 10.9. The third-order valence-corrected chi connectivity index (χ3v) is 2.99. The van der Waals surface area contributed by atoms with Crippen LogP contribution in [0.3, 0.4) is 0 Å². The van der Waals surface area contributed by atoms with Crippen LogP contribution in [0, 0.1) is 6.92 Å². The number of hydrogen-bond donors (Lipinski definition) is 1. The van der Waals surface area contributed by atoms with Crippen molar-refractivity contribution in [2.24, 2.45) is 0 Å². The molecule has 1 heterocycles. The summed E-state index contributed by atoms with van der Waals surface area (Å²) in [6.07, 6.45) is 0.204. The summed E-state index contributed by atoms with van der Waals surface area (Å²) in [5, 5.41) is 2.85. The molecule has 4 nitrogen and oxygen atoms in total. The lowest BCUT2D eigenvalue weighted by Crippen LogP contribution is -2.22. The van der Waals surface area contributed by atoms with Crippen LogP contribution in [-0.4, -0.2) is 12.0 Å². The molecule has 4 heteroatoms. The van der Waals surface area contributed by atoms with Crippen LogP contribution in [-0.2, 0) is 17.9 Å². The van der Waals surface area contributed by atoms with Crippen molar-refractivity contribution >= 4 is 5.91 Å². The Balaban J connectivity index is 1.91. The molecule has 0 spiro atoms. The Bertz CT molecular complexity index is 602. The minimum absolute atomic E-state index is 0.202. The van der Waals surface area contributed by atoms with Crippen LogP contribution in [0.1, 0.15) is 41.3 Å². The van der Waals surface area contributed by atoms with E-state index >= 15 is 0 Å². The van der Waals surface area contributed by atoms with Gasteiger partial charge in [0.1, 0.15) is 5.76 Å². The Kier molecular flexibility index (Phi) is 5.17. The van der Waals surface area contributed by atoms with Gasteiger partial charge in [0.25, 0.3) is 5.91 Å². The first-order valence-corrected chi connectivity index (χ1v) is 7.08. The number of rotatable bonds is 6. The quantitative estimate of drug-likeness (QED) is 0.885. The van der Waals surface area contributed by atoms with Crippen LogP contribution < -0.4 is 5.32 Å². The number of nitrogens with one attached hydrogen (secondary N) is 1. The molecule has 1 N–H and O–H groups in total. The summed E-state index contributed by atoms with van der Waals surface area (Å²) in [4.78, 5) is 11.9. The average molecular weight is 287 g/mol. The van der Waals surface area contributed by atoms with Crippen LogP contribution in [0.5, 0.6) is 0 Å². The average Bonchev–Trinajstić information content (AvgIpc) is 2.90. The summed E-state index contributed by atoms with van der Waals surface area (Å²) in [5.74, 6) is 0.867. The van der Waals surface area contributed by atoms with Gasteiger partial charge in [-0.15, -0.1) is 0 Å². The first-order chi connectivity index (χ1) is 10.0. The molecule has 0 aliphatic carbocycles. The highest BCUT2D eigenvalue weighted by Crippen LogP contribution is 2.09. The molecular weight excluding hydrogens is 266 g/mol. The van der Waals surface area contributed by atoms with Gasteiger partial charge in [-0.1, -0.05) is 24.3 Å². The minimum atomic E-state index is -0.202. The fourth-order valence-corrected chi connectivity index (χ4v) is 1.92. The van der Waals surface area contributed by atoms with E-state index in [1.165, 1.54) is 0 Å². The lowest BCUT2D eigenvalue weighted by molar-refractivity contribution is 0.0657. The van der Waals surface area contributed by atoms with Crippen molar-refractivity contribution in [3.05, 3.63) is 59.0 Å². The second kappa shape index (κ2) is 7.09. The molecule has 0 aliphatic rings. The van der Waals surface area contributed by atoms with E-state index in [9.17, 15) is 4.79 Å². The second-order valence-electron chi connectivity index (χ2n) is 5.27. The van der Waals surface area contributed by atoms with Gasteiger partial charge < -0.3 is 14.5 Å². The summed E-state index contributed by atoms with van der Waals surface area (Å²) in [5.41, 5.74) is 2.14. The van der Waals surface area contributed by atoms with Gasteiger partial charge in [-0.3, -0.25) is 4.79 Å². The summed E-state index contributed by atoms with van der Waals surface area (Å²) < 4.78 is 10.9. The van der Waals surface area contributed by atoms with Gasteiger partial charge in [0.15, 0.2) is 5.76 Å². The molecule has 21 heavy (non-hydrogen) atoms. The molecule has 0 saturated carbocycles. The molecular formula is C17H21NO3. The van der Waals surface area contributed by atoms with Gasteiger partial charge in [-0.2, -0.15) is 0 Å². The van der Waals surface area contributed by atoms with Gasteiger partial charge >= 0.3 is 0 Å². The van der Waals surface area contributed by atoms with Crippen LogP contribution in [0.25, 0.3) is 0 Å². The maximum atomic E-state index is 11.9. The first-order valence-electron chi connectivity index (χ1n) is 7.08. The van der Waals surface area contributed by atoms with Gasteiger partial charge in [0, 0.05) is 6.54 Å². The first kappa shape index (κ1) is 15.3. The van der Waals surface area contributed by atoms with Crippen molar-refractivity contribution in [1.82, 2.24) is 5.32 Å². The molecule has 0 atom stereocenters. The number of amides is 1. The van der Waals surface area contributed by atoms with E-state index < -0.39 is 0 Å². The molecule has 1 aromatic heterocycles. The SMILES string of the molecule is Cc1ccc(C(=O)NCc2cccc(COC(C)C)c2)o1. The third kappa shape index (κ3) is 4.76. The molecule has 0 saturated heterocycles. The Morgan fingerprint density at radius 3 is 2.67 bits per heavy atom. The fraction of sp³-hybridized carbons (Fsp3) is 0.353. The number of hydrogen-bond acceptors (Lipinski definition) is 3. The summed E-state index contributed by atoms with van der Waals surface area (Å²) in [6, 6.07) is 11.5. The van der Waals surface area contributed by atoms with Crippen LogP contribution in [0.4, 0.5) is 0 Å². The summed E-state index contributed by atoms with van der Waals surface area (Å²) >= 11 is 0. The van der Waals surface area contributed by atoms with Crippen molar-refractivity contribution in [2.75, 3.05) is 0 Å². The van der Waals surface area contributed by atoms with E-state index in [0.29, 0.717) is 18.9 Å². The number of furan rings is 1. The standard InChI is InChI=1S/C17H21NO3/c1-12(2)20-11-15-6-4-5-14(9-15)10-18-17(19)16-8-7-13(3)21-16/h4-9,12H,10-11H2,1-3H3,(H,18,19). The fourth-order valence-electron chi connectivity index (χ4n) is 1.92. The lowest BCUT2D eigenvalue weighted by Gasteiger charge is -2.09. The van der Waals surface area contributed by atoms with E-state index in [1.54, 1.807) is 12.1 Å². The van der Waals surface area contributed by atoms with Crippen molar-refractivity contribution in [3.8, 4) is 0 Å². The lowest BCUT2D eigenvalue weighted by atomic mass is 10.1. The molecule has 0 fully saturated rings. The number of benzene rings is 1. The summed E-state index contributed by atoms with van der Waals surface area (Å²) in [7, 11) is 0. The highest BCUT2D eigenvalue weighted by atomic mass is 16.5. The molecule has 1 amide bonds. The van der Waals surface area contributed by atoms with Gasteiger partial charge in [0.05, 0.1) is 12.7 Å². The van der Waals surface area contributed by atoms with Crippen molar-refractivity contribution < 1.29 is 13.9 Å². The number of carbonyl (C=O) groups excluding carboxylic acids is 1. The molecule has 0 radical (unpaired) electrons. The largest absolute Gasteiger partial charge is 0.456 e. The van der Waals surface area contributed by atoms with Gasteiger partial charge in [-0.05, 0) is 44.0 Å². The van der Waals surface area contributed by atoms with Crippen molar-refractivity contribution in [1.29, 1.82) is 0 Å². The van der Waals surface area contributed by atoms with Crippen molar-refractivity contribution in [3.63, 3.8) is 0 Å². The molecule has 1 aromatic carbocycles. The zero-order valence-electron chi connectivity index (χ0n) is 12.7. The van der Waals surface area contributed by atoms with Crippen LogP contribution >= 0.6 is 0 Å². The Labute approximate surface area is 125 Å². The Hall–Kier alpha value is -2.07. The Morgan fingerprint density at radius 2 is 2.00 bits per heavy atom. The molecule has 0 unspecified atom stereocenters. The predicted molar refractivity (Wildman–Crippen MR) is 81.0 cm³/mol. The third-order valence-electron chi connectivity index (χ3n) is 2.99. The predicted octanol–water partition coefficient (Wildman–Crippen LogP) is 3.44. The second-order valence-corrected chi connectivity index (χ2v) is 5.27. The number of aryl methyl sites for hydroxylation is 1. The molecule has 0 bridgehead atoms. The molecule has 0 aliphatic heterocycles. The van der Waals surface area contributed by atoms with Gasteiger partial charge in [0.2, 0.25) is 0 Å².